The number of methoxy groups -OCH3 is 1. The molecule has 1 aliphatic rings. The molecule has 3 unspecified atom stereocenters. The van der Waals surface area contributed by atoms with Gasteiger partial charge < -0.3 is 24.3 Å². The Morgan fingerprint density at radius 3 is 2.52 bits per heavy atom. The highest BCUT2D eigenvalue weighted by atomic mass is 16.6. The standard InChI is InChI=1S/C26H41NO6/c1-8-13-31-23-15-18(9-10-22(23)30-7)14-19(17(2)3)16-20(21-11-12-24(28)32-21)27-25(29)33-26(4,5)6/h9-10,15,17,19-21H,8,11-14,16H2,1-7H3,(H,27,29). The first-order chi connectivity index (χ1) is 15.5. The lowest BCUT2D eigenvalue weighted by molar-refractivity contribution is -0.142. The molecule has 7 heteroatoms. The zero-order valence-electron chi connectivity index (χ0n) is 21.2. The first kappa shape index (κ1) is 26.8. The van der Waals surface area contributed by atoms with Crippen LogP contribution in [-0.4, -0.2) is 43.5 Å². The summed E-state index contributed by atoms with van der Waals surface area (Å²) >= 11 is 0. The molecule has 1 heterocycles. The van der Waals surface area contributed by atoms with Crippen molar-refractivity contribution in [3.63, 3.8) is 0 Å². The smallest absolute Gasteiger partial charge is 0.408 e. The number of carbonyl (C=O) groups excluding carboxylic acids is 2. The van der Waals surface area contributed by atoms with Crippen molar-refractivity contribution in [3.05, 3.63) is 23.8 Å². The summed E-state index contributed by atoms with van der Waals surface area (Å²) in [6.07, 6.45) is 2.54. The Kier molecular flexibility index (Phi) is 9.87. The Morgan fingerprint density at radius 2 is 1.97 bits per heavy atom. The van der Waals surface area contributed by atoms with Gasteiger partial charge in [0.1, 0.15) is 11.7 Å². The summed E-state index contributed by atoms with van der Waals surface area (Å²) in [5, 5.41) is 2.98. The highest BCUT2D eigenvalue weighted by Crippen LogP contribution is 2.32. The number of benzene rings is 1. The van der Waals surface area contributed by atoms with Crippen LogP contribution in [0.25, 0.3) is 0 Å². The summed E-state index contributed by atoms with van der Waals surface area (Å²) in [4.78, 5) is 24.3. The summed E-state index contributed by atoms with van der Waals surface area (Å²) in [5.74, 6) is 1.84. The molecule has 1 aliphatic heterocycles. The first-order valence-electron chi connectivity index (χ1n) is 12.0. The number of esters is 1. The van der Waals surface area contributed by atoms with Gasteiger partial charge in [0.2, 0.25) is 0 Å². The third-order valence-electron chi connectivity index (χ3n) is 5.75. The molecule has 33 heavy (non-hydrogen) atoms. The first-order valence-corrected chi connectivity index (χ1v) is 12.0. The van der Waals surface area contributed by atoms with Crippen molar-refractivity contribution in [2.45, 2.75) is 91.4 Å². The van der Waals surface area contributed by atoms with Crippen LogP contribution >= 0.6 is 0 Å². The molecule has 0 radical (unpaired) electrons. The number of rotatable bonds is 11. The minimum atomic E-state index is -0.601. The molecule has 0 aliphatic carbocycles. The van der Waals surface area contributed by atoms with Gasteiger partial charge in [-0.2, -0.15) is 0 Å². The summed E-state index contributed by atoms with van der Waals surface area (Å²) in [7, 11) is 1.64. The van der Waals surface area contributed by atoms with Gasteiger partial charge >= 0.3 is 12.1 Å². The van der Waals surface area contributed by atoms with Crippen LogP contribution in [0.4, 0.5) is 4.79 Å². The van der Waals surface area contributed by atoms with Gasteiger partial charge in [-0.25, -0.2) is 4.79 Å². The molecular formula is C26H41NO6. The van der Waals surface area contributed by atoms with E-state index in [0.29, 0.717) is 31.8 Å². The van der Waals surface area contributed by atoms with E-state index in [1.807, 2.05) is 32.9 Å². The van der Waals surface area contributed by atoms with Crippen LogP contribution in [0.1, 0.15) is 72.8 Å². The molecule has 1 aromatic carbocycles. The van der Waals surface area contributed by atoms with Crippen molar-refractivity contribution >= 4 is 12.1 Å². The fourth-order valence-electron chi connectivity index (χ4n) is 3.99. The van der Waals surface area contributed by atoms with Crippen LogP contribution in [-0.2, 0) is 20.7 Å². The maximum absolute atomic E-state index is 12.5. The molecule has 0 spiro atoms. The number of cyclic esters (lactones) is 1. The maximum atomic E-state index is 12.5. The predicted molar refractivity (Wildman–Crippen MR) is 128 cm³/mol. The molecular weight excluding hydrogens is 422 g/mol. The molecule has 186 valence electrons. The van der Waals surface area contributed by atoms with Crippen LogP contribution in [0.2, 0.25) is 0 Å². The minimum Gasteiger partial charge on any atom is -0.493 e. The number of alkyl carbamates (subject to hydrolysis) is 1. The number of carbonyl (C=O) groups is 2. The number of amides is 1. The fourth-order valence-corrected chi connectivity index (χ4v) is 3.99. The Labute approximate surface area is 198 Å². The molecule has 1 amide bonds. The predicted octanol–water partition coefficient (Wildman–Crippen LogP) is 5.29. The SMILES string of the molecule is CCCOc1cc(CC(CC(NC(=O)OC(C)(C)C)C2CCC(=O)O2)C(C)C)ccc1OC. The molecule has 7 nitrogen and oxygen atoms in total. The molecule has 1 saturated heterocycles. The van der Waals surface area contributed by atoms with Gasteiger partial charge in [-0.3, -0.25) is 4.79 Å². The Morgan fingerprint density at radius 1 is 1.24 bits per heavy atom. The average molecular weight is 464 g/mol. The van der Waals surface area contributed by atoms with Gasteiger partial charge in [0.25, 0.3) is 0 Å². The second-order valence-corrected chi connectivity index (χ2v) is 10.1. The van der Waals surface area contributed by atoms with Crippen LogP contribution in [0.3, 0.4) is 0 Å². The van der Waals surface area contributed by atoms with Gasteiger partial charge in [-0.1, -0.05) is 26.8 Å². The van der Waals surface area contributed by atoms with E-state index < -0.39 is 11.7 Å². The van der Waals surface area contributed by atoms with Gasteiger partial charge in [-0.15, -0.1) is 0 Å². The highest BCUT2D eigenvalue weighted by molar-refractivity contribution is 5.72. The number of ether oxygens (including phenoxy) is 4. The van der Waals surface area contributed by atoms with Crippen LogP contribution in [0.5, 0.6) is 11.5 Å². The lowest BCUT2D eigenvalue weighted by atomic mass is 9.82. The van der Waals surface area contributed by atoms with Crippen LogP contribution in [0, 0.1) is 11.8 Å². The van der Waals surface area contributed by atoms with Gasteiger partial charge in [0.05, 0.1) is 19.8 Å². The molecule has 3 atom stereocenters. The van der Waals surface area contributed by atoms with E-state index >= 15 is 0 Å². The lowest BCUT2D eigenvalue weighted by Gasteiger charge is -2.31. The Hall–Kier alpha value is -2.44. The van der Waals surface area contributed by atoms with Crippen molar-refractivity contribution in [1.82, 2.24) is 5.32 Å². The largest absolute Gasteiger partial charge is 0.493 e. The van der Waals surface area contributed by atoms with Crippen molar-refractivity contribution in [1.29, 1.82) is 0 Å². The van der Waals surface area contributed by atoms with E-state index in [1.54, 1.807) is 7.11 Å². The van der Waals surface area contributed by atoms with E-state index in [0.717, 1.165) is 29.9 Å². The van der Waals surface area contributed by atoms with E-state index in [4.69, 9.17) is 18.9 Å². The number of hydrogen-bond acceptors (Lipinski definition) is 6. The van der Waals surface area contributed by atoms with E-state index in [-0.39, 0.29) is 24.0 Å². The van der Waals surface area contributed by atoms with Crippen molar-refractivity contribution < 1.29 is 28.5 Å². The summed E-state index contributed by atoms with van der Waals surface area (Å²) < 4.78 is 22.3. The Bertz CT molecular complexity index is 785. The van der Waals surface area contributed by atoms with Crippen molar-refractivity contribution in [3.8, 4) is 11.5 Å². The second-order valence-electron chi connectivity index (χ2n) is 10.1. The third kappa shape index (κ3) is 8.78. The quantitative estimate of drug-likeness (QED) is 0.449. The lowest BCUT2D eigenvalue weighted by Crippen LogP contribution is -2.47. The average Bonchev–Trinajstić information content (AvgIpc) is 3.16. The topological polar surface area (TPSA) is 83.1 Å². The normalized spacial score (nSPS) is 17.9. The molecule has 0 bridgehead atoms. The van der Waals surface area contributed by atoms with E-state index in [9.17, 15) is 9.59 Å². The minimum absolute atomic E-state index is 0.218. The zero-order chi connectivity index (χ0) is 24.6. The van der Waals surface area contributed by atoms with Gasteiger partial charge in [-0.05, 0) is 76.0 Å². The summed E-state index contributed by atoms with van der Waals surface area (Å²) in [6, 6.07) is 5.72. The van der Waals surface area contributed by atoms with Gasteiger partial charge in [0, 0.05) is 6.42 Å². The number of nitrogens with one attached hydrogen (secondary N) is 1. The van der Waals surface area contributed by atoms with Crippen molar-refractivity contribution in [2.24, 2.45) is 11.8 Å². The van der Waals surface area contributed by atoms with Gasteiger partial charge in [0.15, 0.2) is 11.5 Å². The summed E-state index contributed by atoms with van der Waals surface area (Å²) in [6.45, 7) is 12.5. The molecule has 1 N–H and O–H groups in total. The number of hydrogen-bond donors (Lipinski definition) is 1. The third-order valence-corrected chi connectivity index (χ3v) is 5.75. The summed E-state index contributed by atoms with van der Waals surface area (Å²) in [5.41, 5.74) is 0.538. The fraction of sp³-hybridized carbons (Fsp3) is 0.692. The second kappa shape index (κ2) is 12.1. The molecule has 1 aromatic rings. The Balaban J connectivity index is 2.18. The van der Waals surface area contributed by atoms with Crippen LogP contribution < -0.4 is 14.8 Å². The molecule has 0 aromatic heterocycles. The zero-order valence-corrected chi connectivity index (χ0v) is 21.2. The monoisotopic (exact) mass is 463 g/mol. The van der Waals surface area contributed by atoms with Crippen molar-refractivity contribution in [2.75, 3.05) is 13.7 Å². The maximum Gasteiger partial charge on any atom is 0.408 e. The molecule has 0 saturated carbocycles. The molecule has 1 fully saturated rings. The van der Waals surface area contributed by atoms with Crippen LogP contribution in [0.15, 0.2) is 18.2 Å². The highest BCUT2D eigenvalue weighted by Gasteiger charge is 2.35. The van der Waals surface area contributed by atoms with E-state index in [2.05, 4.69) is 32.2 Å². The molecule has 2 rings (SSSR count). The van der Waals surface area contributed by atoms with E-state index in [1.165, 1.54) is 0 Å².